The largest absolute Gasteiger partial charge is 0.484 e. The van der Waals surface area contributed by atoms with Crippen LogP contribution in [-0.4, -0.2) is 40.7 Å². The van der Waals surface area contributed by atoms with Crippen LogP contribution < -0.4 is 4.74 Å². The molecule has 0 bridgehead atoms. The normalized spacial score (nSPS) is 9.75. The summed E-state index contributed by atoms with van der Waals surface area (Å²) in [6.45, 7) is 0.420. The van der Waals surface area contributed by atoms with Crippen molar-refractivity contribution in [3.05, 3.63) is 30.7 Å². The monoisotopic (exact) mass is 325 g/mol. The van der Waals surface area contributed by atoms with Crippen LogP contribution in [-0.2, 0) is 4.79 Å². The first-order valence-corrected chi connectivity index (χ1v) is 7.25. The lowest BCUT2D eigenvalue weighted by molar-refractivity contribution is -0.133. The fraction of sp³-hybridized carbons (Fsp3) is 0.312. The van der Waals surface area contributed by atoms with Gasteiger partial charge in [0, 0.05) is 18.7 Å². The first kappa shape index (κ1) is 17.0. The lowest BCUT2D eigenvalue weighted by Gasteiger charge is -2.20. The van der Waals surface area contributed by atoms with Crippen LogP contribution in [0.3, 0.4) is 0 Å². The van der Waals surface area contributed by atoms with Gasteiger partial charge in [0.05, 0.1) is 25.0 Å². The molecule has 0 unspecified atom stereocenters. The van der Waals surface area contributed by atoms with E-state index >= 15 is 0 Å². The molecule has 0 aliphatic heterocycles. The van der Waals surface area contributed by atoms with Gasteiger partial charge < -0.3 is 14.1 Å². The molecule has 1 aromatic carbocycles. The Bertz CT molecular complexity index is 711. The second-order valence-electron chi connectivity index (χ2n) is 4.75. The molecule has 1 amide bonds. The van der Waals surface area contributed by atoms with Crippen molar-refractivity contribution >= 4 is 5.91 Å². The summed E-state index contributed by atoms with van der Waals surface area (Å²) in [5.74, 6) is 0.658. The standard InChI is InChI=1S/C16H15N5O3/c17-7-1-9-21(10-2-8-18)15(22)11-23-14-5-3-13(4-6-14)16-20-19-12-24-16/h3-6,12H,1-2,9-11H2. The highest BCUT2D eigenvalue weighted by atomic mass is 16.5. The molecule has 2 aromatic rings. The number of hydrogen-bond donors (Lipinski definition) is 0. The van der Waals surface area contributed by atoms with Crippen molar-refractivity contribution in [1.29, 1.82) is 10.5 Å². The van der Waals surface area contributed by atoms with E-state index in [1.165, 1.54) is 11.3 Å². The maximum atomic E-state index is 12.1. The van der Waals surface area contributed by atoms with Crippen molar-refractivity contribution in [2.45, 2.75) is 12.8 Å². The van der Waals surface area contributed by atoms with Gasteiger partial charge >= 0.3 is 0 Å². The molecular weight excluding hydrogens is 310 g/mol. The molecule has 0 aliphatic rings. The summed E-state index contributed by atoms with van der Waals surface area (Å²) in [5.41, 5.74) is 0.746. The predicted octanol–water partition coefficient (Wildman–Crippen LogP) is 1.77. The van der Waals surface area contributed by atoms with Crippen molar-refractivity contribution in [3.63, 3.8) is 0 Å². The van der Waals surface area contributed by atoms with Gasteiger partial charge in [-0.25, -0.2) is 0 Å². The van der Waals surface area contributed by atoms with Gasteiger partial charge in [0.2, 0.25) is 12.3 Å². The van der Waals surface area contributed by atoms with E-state index in [1.54, 1.807) is 24.3 Å². The van der Waals surface area contributed by atoms with Crippen LogP contribution in [0.2, 0.25) is 0 Å². The average Bonchev–Trinajstić information content (AvgIpc) is 3.15. The predicted molar refractivity (Wildman–Crippen MR) is 82.3 cm³/mol. The molecule has 0 spiro atoms. The minimum atomic E-state index is -0.263. The highest BCUT2D eigenvalue weighted by Gasteiger charge is 2.14. The number of ether oxygens (including phenoxy) is 1. The molecule has 1 heterocycles. The molecule has 0 aliphatic carbocycles. The Morgan fingerprint density at radius 1 is 1.17 bits per heavy atom. The van der Waals surface area contributed by atoms with Crippen LogP contribution in [0.4, 0.5) is 0 Å². The van der Waals surface area contributed by atoms with E-state index in [1.807, 2.05) is 12.1 Å². The van der Waals surface area contributed by atoms with Gasteiger partial charge in [-0.2, -0.15) is 10.5 Å². The molecule has 0 fully saturated rings. The summed E-state index contributed by atoms with van der Waals surface area (Å²) >= 11 is 0. The molecule has 8 heteroatoms. The van der Waals surface area contributed by atoms with Crippen molar-refractivity contribution in [2.24, 2.45) is 0 Å². The van der Waals surface area contributed by atoms with Crippen LogP contribution in [0.15, 0.2) is 35.1 Å². The van der Waals surface area contributed by atoms with Gasteiger partial charge in [-0.3, -0.25) is 4.79 Å². The summed E-state index contributed by atoms with van der Waals surface area (Å²) in [4.78, 5) is 13.6. The molecule has 0 N–H and O–H groups in total. The molecule has 1 aromatic heterocycles. The van der Waals surface area contributed by atoms with Crippen LogP contribution in [0.1, 0.15) is 12.8 Å². The minimum absolute atomic E-state index is 0.156. The van der Waals surface area contributed by atoms with Crippen LogP contribution in [0, 0.1) is 22.7 Å². The topological polar surface area (TPSA) is 116 Å². The number of benzene rings is 1. The Morgan fingerprint density at radius 2 is 1.83 bits per heavy atom. The summed E-state index contributed by atoms with van der Waals surface area (Å²) in [7, 11) is 0. The first-order valence-electron chi connectivity index (χ1n) is 7.25. The zero-order valence-electron chi connectivity index (χ0n) is 12.9. The van der Waals surface area contributed by atoms with E-state index in [-0.39, 0.29) is 38.4 Å². The van der Waals surface area contributed by atoms with Gasteiger partial charge in [0.1, 0.15) is 5.75 Å². The van der Waals surface area contributed by atoms with E-state index in [9.17, 15) is 4.79 Å². The maximum absolute atomic E-state index is 12.1. The molecule has 0 atom stereocenters. The number of carbonyl (C=O) groups is 1. The number of carbonyl (C=O) groups excluding carboxylic acids is 1. The second-order valence-corrected chi connectivity index (χ2v) is 4.75. The molecule has 24 heavy (non-hydrogen) atoms. The third-order valence-corrected chi connectivity index (χ3v) is 3.16. The van der Waals surface area contributed by atoms with Crippen molar-refractivity contribution in [3.8, 4) is 29.3 Å². The van der Waals surface area contributed by atoms with E-state index < -0.39 is 0 Å². The molecule has 8 nitrogen and oxygen atoms in total. The fourth-order valence-corrected chi connectivity index (χ4v) is 1.96. The van der Waals surface area contributed by atoms with E-state index in [2.05, 4.69) is 10.2 Å². The van der Waals surface area contributed by atoms with Gasteiger partial charge in [-0.1, -0.05) is 0 Å². The number of amides is 1. The van der Waals surface area contributed by atoms with Crippen molar-refractivity contribution in [2.75, 3.05) is 19.7 Å². The smallest absolute Gasteiger partial charge is 0.260 e. The Kier molecular flexibility index (Phi) is 6.30. The Morgan fingerprint density at radius 3 is 2.38 bits per heavy atom. The Balaban J connectivity index is 1.90. The number of nitrogens with zero attached hydrogens (tertiary/aromatic N) is 5. The van der Waals surface area contributed by atoms with Gasteiger partial charge in [0.15, 0.2) is 6.61 Å². The van der Waals surface area contributed by atoms with E-state index in [0.29, 0.717) is 11.6 Å². The summed E-state index contributed by atoms with van der Waals surface area (Å²) in [6.07, 6.45) is 1.68. The third kappa shape index (κ3) is 4.82. The summed E-state index contributed by atoms with van der Waals surface area (Å²) in [6, 6.07) is 10.9. The SMILES string of the molecule is N#CCCN(CCC#N)C(=O)COc1ccc(-c2nnco2)cc1. The molecular formula is C16H15N5O3. The van der Waals surface area contributed by atoms with Crippen LogP contribution >= 0.6 is 0 Å². The lowest BCUT2D eigenvalue weighted by atomic mass is 10.2. The highest BCUT2D eigenvalue weighted by Crippen LogP contribution is 2.20. The van der Waals surface area contributed by atoms with Gasteiger partial charge in [-0.05, 0) is 24.3 Å². The molecule has 0 saturated carbocycles. The Labute approximate surface area is 138 Å². The van der Waals surface area contributed by atoms with Crippen molar-refractivity contribution in [1.82, 2.24) is 15.1 Å². The zero-order chi connectivity index (χ0) is 17.2. The van der Waals surface area contributed by atoms with Crippen LogP contribution in [0.25, 0.3) is 11.5 Å². The number of hydrogen-bond acceptors (Lipinski definition) is 7. The summed E-state index contributed by atoms with van der Waals surface area (Å²) < 4.78 is 10.5. The van der Waals surface area contributed by atoms with E-state index in [4.69, 9.17) is 19.7 Å². The Hall–Kier alpha value is -3.39. The minimum Gasteiger partial charge on any atom is -0.484 e. The van der Waals surface area contributed by atoms with Gasteiger partial charge in [0.25, 0.3) is 5.91 Å². The second kappa shape index (κ2) is 8.91. The van der Waals surface area contributed by atoms with Gasteiger partial charge in [-0.15, -0.1) is 10.2 Å². The highest BCUT2D eigenvalue weighted by molar-refractivity contribution is 5.77. The fourth-order valence-electron chi connectivity index (χ4n) is 1.96. The number of nitriles is 2. The van der Waals surface area contributed by atoms with Crippen molar-refractivity contribution < 1.29 is 13.9 Å². The molecule has 0 radical (unpaired) electrons. The number of aromatic nitrogens is 2. The molecule has 2 rings (SSSR count). The lowest BCUT2D eigenvalue weighted by Crippen LogP contribution is -2.36. The third-order valence-electron chi connectivity index (χ3n) is 3.16. The molecule has 122 valence electrons. The molecule has 0 saturated heterocycles. The van der Waals surface area contributed by atoms with Crippen LogP contribution in [0.5, 0.6) is 5.75 Å². The first-order chi connectivity index (χ1) is 11.7. The zero-order valence-corrected chi connectivity index (χ0v) is 12.9. The maximum Gasteiger partial charge on any atom is 0.260 e. The van der Waals surface area contributed by atoms with E-state index in [0.717, 1.165) is 5.56 Å². The number of rotatable bonds is 8. The average molecular weight is 325 g/mol. The summed E-state index contributed by atoms with van der Waals surface area (Å²) in [5, 5.41) is 24.7. The quantitative estimate of drug-likeness (QED) is 0.726.